The summed E-state index contributed by atoms with van der Waals surface area (Å²) in [6, 6.07) is 22.3. The smallest absolute Gasteiger partial charge is 0.0499 e. The normalized spacial score (nSPS) is 24.6. The van der Waals surface area contributed by atoms with Gasteiger partial charge in [-0.25, -0.2) is 0 Å². The van der Waals surface area contributed by atoms with Gasteiger partial charge in [0, 0.05) is 31.2 Å². The van der Waals surface area contributed by atoms with Crippen LogP contribution in [0.2, 0.25) is 0 Å². The van der Waals surface area contributed by atoms with Gasteiger partial charge in [0.2, 0.25) is 0 Å². The minimum atomic E-state index is 0.0786. The lowest BCUT2D eigenvalue weighted by Gasteiger charge is -2.47. The Kier molecular flexibility index (Phi) is 7.02. The van der Waals surface area contributed by atoms with Crippen LogP contribution < -0.4 is 0 Å². The largest absolute Gasteiger partial charge is 0.396 e. The van der Waals surface area contributed by atoms with Crippen LogP contribution in [0.5, 0.6) is 0 Å². The fourth-order valence-corrected chi connectivity index (χ4v) is 5.31. The molecule has 0 saturated carbocycles. The molecule has 2 aromatic carbocycles. The molecule has 3 nitrogen and oxygen atoms in total. The third-order valence-electron chi connectivity index (χ3n) is 7.14. The minimum absolute atomic E-state index is 0.0786. The molecule has 4 rings (SSSR count). The predicted molar refractivity (Wildman–Crippen MR) is 120 cm³/mol. The number of aliphatic hydroxyl groups is 1. The minimum Gasteiger partial charge on any atom is -0.396 e. The van der Waals surface area contributed by atoms with Crippen molar-refractivity contribution < 1.29 is 5.11 Å². The molecule has 0 bridgehead atoms. The number of rotatable bonds is 7. The molecule has 0 spiro atoms. The second-order valence-electron chi connectivity index (χ2n) is 9.21. The summed E-state index contributed by atoms with van der Waals surface area (Å²) in [5.74, 6) is 0. The van der Waals surface area contributed by atoms with Crippen molar-refractivity contribution in [2.45, 2.75) is 51.1 Å². The van der Waals surface area contributed by atoms with E-state index in [1.807, 2.05) is 0 Å². The molecule has 0 aliphatic carbocycles. The van der Waals surface area contributed by atoms with Crippen molar-refractivity contribution in [2.75, 3.05) is 32.8 Å². The molecule has 1 atom stereocenters. The lowest BCUT2D eigenvalue weighted by molar-refractivity contribution is -0.00805. The van der Waals surface area contributed by atoms with E-state index >= 15 is 0 Å². The Balaban J connectivity index is 1.30. The van der Waals surface area contributed by atoms with Crippen LogP contribution in [-0.4, -0.2) is 53.7 Å². The summed E-state index contributed by atoms with van der Waals surface area (Å²) < 4.78 is 0. The highest BCUT2D eigenvalue weighted by molar-refractivity contribution is 5.16. The van der Waals surface area contributed by atoms with Gasteiger partial charge in [-0.05, 0) is 69.3 Å². The number of aliphatic hydroxyl groups excluding tert-OH is 1. The summed E-state index contributed by atoms with van der Waals surface area (Å²) in [7, 11) is 0. The van der Waals surface area contributed by atoms with E-state index in [9.17, 15) is 5.11 Å². The van der Waals surface area contributed by atoms with Crippen molar-refractivity contribution >= 4 is 0 Å². The van der Waals surface area contributed by atoms with Crippen LogP contribution in [0.3, 0.4) is 0 Å². The van der Waals surface area contributed by atoms with Crippen LogP contribution in [0.25, 0.3) is 0 Å². The van der Waals surface area contributed by atoms with E-state index in [1.54, 1.807) is 0 Å². The summed E-state index contributed by atoms with van der Waals surface area (Å²) in [6.07, 6.45) is 7.07. The summed E-state index contributed by atoms with van der Waals surface area (Å²) in [4.78, 5) is 5.31. The van der Waals surface area contributed by atoms with Crippen LogP contribution in [0, 0.1) is 5.41 Å². The van der Waals surface area contributed by atoms with Gasteiger partial charge in [0.25, 0.3) is 0 Å². The third kappa shape index (κ3) is 5.48. The molecule has 2 heterocycles. The van der Waals surface area contributed by atoms with Gasteiger partial charge in [-0.15, -0.1) is 0 Å². The maximum atomic E-state index is 10.3. The topological polar surface area (TPSA) is 26.7 Å². The second-order valence-corrected chi connectivity index (χ2v) is 9.21. The number of aryl methyl sites for hydroxylation is 1. The average molecular weight is 393 g/mol. The third-order valence-corrected chi connectivity index (χ3v) is 7.14. The molecule has 2 aromatic rings. The van der Waals surface area contributed by atoms with E-state index in [0.29, 0.717) is 12.6 Å². The molecule has 3 heteroatoms. The number of hydrogen-bond donors (Lipinski definition) is 1. The Morgan fingerprint density at radius 2 is 1.52 bits per heavy atom. The first kappa shape index (κ1) is 20.6. The molecule has 2 fully saturated rings. The maximum Gasteiger partial charge on any atom is 0.0499 e. The van der Waals surface area contributed by atoms with E-state index in [4.69, 9.17) is 0 Å². The van der Waals surface area contributed by atoms with E-state index < -0.39 is 0 Å². The Bertz CT molecular complexity index is 727. The van der Waals surface area contributed by atoms with Gasteiger partial charge >= 0.3 is 0 Å². The number of likely N-dealkylation sites (tertiary alicyclic amines) is 2. The van der Waals surface area contributed by atoms with Crippen LogP contribution in [0.4, 0.5) is 0 Å². The summed E-state index contributed by atoms with van der Waals surface area (Å²) >= 11 is 0. The number of benzene rings is 2. The Morgan fingerprint density at radius 3 is 2.17 bits per heavy atom. The van der Waals surface area contributed by atoms with Crippen LogP contribution in [0.15, 0.2) is 60.7 Å². The monoisotopic (exact) mass is 392 g/mol. The van der Waals surface area contributed by atoms with E-state index in [0.717, 1.165) is 25.9 Å². The maximum absolute atomic E-state index is 10.3. The average Bonchev–Trinajstić information content (AvgIpc) is 2.80. The molecule has 2 aliphatic rings. The fraction of sp³-hybridized carbons (Fsp3) is 0.538. The van der Waals surface area contributed by atoms with E-state index in [1.165, 1.54) is 56.4 Å². The van der Waals surface area contributed by atoms with Gasteiger partial charge in [0.15, 0.2) is 0 Å². The summed E-state index contributed by atoms with van der Waals surface area (Å²) in [5, 5.41) is 10.3. The molecule has 0 aromatic heterocycles. The van der Waals surface area contributed by atoms with Crippen LogP contribution in [0.1, 0.15) is 43.2 Å². The first-order valence-corrected chi connectivity index (χ1v) is 11.4. The highest BCUT2D eigenvalue weighted by Gasteiger charge is 2.37. The molecule has 0 unspecified atom stereocenters. The Hall–Kier alpha value is -1.68. The van der Waals surface area contributed by atoms with E-state index in [2.05, 4.69) is 70.5 Å². The molecule has 156 valence electrons. The van der Waals surface area contributed by atoms with Gasteiger partial charge < -0.3 is 5.11 Å². The fourth-order valence-electron chi connectivity index (χ4n) is 5.31. The second kappa shape index (κ2) is 9.88. The standard InChI is InChI=1S/C26H36N2O/c29-22-26(16-12-23-8-3-1-4-9-23)15-7-17-28(21-26)25-13-18-27(19-14-25)20-24-10-5-2-6-11-24/h1-6,8-11,25,29H,7,12-22H2/t26-/m0/s1. The van der Waals surface area contributed by atoms with Crippen molar-refractivity contribution in [3.05, 3.63) is 71.8 Å². The highest BCUT2D eigenvalue weighted by atomic mass is 16.3. The Morgan fingerprint density at radius 1 is 0.862 bits per heavy atom. The number of piperidine rings is 2. The van der Waals surface area contributed by atoms with Crippen molar-refractivity contribution in [3.63, 3.8) is 0 Å². The van der Waals surface area contributed by atoms with E-state index in [-0.39, 0.29) is 5.41 Å². The zero-order valence-electron chi connectivity index (χ0n) is 17.7. The van der Waals surface area contributed by atoms with Gasteiger partial charge in [0.05, 0.1) is 0 Å². The van der Waals surface area contributed by atoms with Crippen molar-refractivity contribution in [2.24, 2.45) is 5.41 Å². The highest BCUT2D eigenvalue weighted by Crippen LogP contribution is 2.36. The predicted octanol–water partition coefficient (Wildman–Crippen LogP) is 4.36. The van der Waals surface area contributed by atoms with Gasteiger partial charge in [-0.1, -0.05) is 60.7 Å². The molecule has 2 aliphatic heterocycles. The van der Waals surface area contributed by atoms with Crippen molar-refractivity contribution in [3.8, 4) is 0 Å². The van der Waals surface area contributed by atoms with Crippen LogP contribution in [-0.2, 0) is 13.0 Å². The lowest BCUT2D eigenvalue weighted by Crippen LogP contribution is -2.52. The van der Waals surface area contributed by atoms with Gasteiger partial charge in [-0.3, -0.25) is 9.80 Å². The molecule has 0 radical (unpaired) electrons. The van der Waals surface area contributed by atoms with Gasteiger partial charge in [0.1, 0.15) is 0 Å². The van der Waals surface area contributed by atoms with Gasteiger partial charge in [-0.2, -0.15) is 0 Å². The number of hydrogen-bond acceptors (Lipinski definition) is 3. The quantitative estimate of drug-likeness (QED) is 0.758. The molecular weight excluding hydrogens is 356 g/mol. The Labute approximate surface area is 176 Å². The molecule has 29 heavy (non-hydrogen) atoms. The van der Waals surface area contributed by atoms with Crippen LogP contribution >= 0.6 is 0 Å². The molecule has 0 amide bonds. The lowest BCUT2D eigenvalue weighted by atomic mass is 9.75. The first-order chi connectivity index (χ1) is 14.3. The molecule has 1 N–H and O–H groups in total. The van der Waals surface area contributed by atoms with Crippen molar-refractivity contribution in [1.29, 1.82) is 0 Å². The SMILES string of the molecule is OC[C@]1(CCc2ccccc2)CCCN(C2CCN(Cc3ccccc3)CC2)C1. The zero-order chi connectivity index (χ0) is 19.9. The molecule has 2 saturated heterocycles. The first-order valence-electron chi connectivity index (χ1n) is 11.4. The summed E-state index contributed by atoms with van der Waals surface area (Å²) in [5.41, 5.74) is 2.89. The summed E-state index contributed by atoms with van der Waals surface area (Å²) in [6.45, 7) is 6.04. The molecular formula is C26H36N2O. The zero-order valence-corrected chi connectivity index (χ0v) is 17.7. The van der Waals surface area contributed by atoms with Crippen molar-refractivity contribution in [1.82, 2.24) is 9.80 Å². The number of nitrogens with zero attached hydrogens (tertiary/aromatic N) is 2.